The Kier molecular flexibility index (Phi) is 4.26. The third-order valence-electron chi connectivity index (χ3n) is 2.61. The number of likely N-dealkylation sites (tertiary alicyclic amines) is 1. The highest BCUT2D eigenvalue weighted by molar-refractivity contribution is 5.13. The average molecular weight is 198 g/mol. The van der Waals surface area contributed by atoms with Crippen LogP contribution in [0.4, 0.5) is 0 Å². The van der Waals surface area contributed by atoms with Crippen LogP contribution in [0.25, 0.3) is 0 Å². The number of rotatable bonds is 2. The summed E-state index contributed by atoms with van der Waals surface area (Å²) in [4.78, 5) is 1.75. The summed E-state index contributed by atoms with van der Waals surface area (Å²) >= 11 is 0. The molecule has 1 aliphatic rings. The van der Waals surface area contributed by atoms with Crippen LogP contribution in [0.1, 0.15) is 18.4 Å². The molecular weight excluding hydrogens is 182 g/mol. The van der Waals surface area contributed by atoms with Gasteiger partial charge in [0.1, 0.15) is 6.54 Å². The number of halogens is 1. The summed E-state index contributed by atoms with van der Waals surface area (Å²) < 4.78 is 0. The minimum atomic E-state index is 0. The van der Waals surface area contributed by atoms with Gasteiger partial charge in [0.2, 0.25) is 0 Å². The molecule has 2 heteroatoms. The van der Waals surface area contributed by atoms with Gasteiger partial charge in [-0.25, -0.2) is 0 Å². The van der Waals surface area contributed by atoms with Crippen LogP contribution in [0.2, 0.25) is 0 Å². The van der Waals surface area contributed by atoms with Crippen molar-refractivity contribution in [2.45, 2.75) is 19.4 Å². The zero-order valence-corrected chi connectivity index (χ0v) is 8.56. The van der Waals surface area contributed by atoms with Crippen molar-refractivity contribution < 1.29 is 17.3 Å². The topological polar surface area (TPSA) is 4.44 Å². The lowest BCUT2D eigenvalue weighted by Crippen LogP contribution is -3.08. The molecule has 0 saturated carbocycles. The second-order valence-electron chi connectivity index (χ2n) is 3.62. The highest BCUT2D eigenvalue weighted by atomic mass is 35.5. The van der Waals surface area contributed by atoms with Crippen molar-refractivity contribution in [3.05, 3.63) is 35.9 Å². The summed E-state index contributed by atoms with van der Waals surface area (Å²) in [6, 6.07) is 10.8. The first-order chi connectivity index (χ1) is 5.95. The molecule has 0 aromatic heterocycles. The Bertz CT molecular complexity index is 229. The van der Waals surface area contributed by atoms with Gasteiger partial charge in [-0.3, -0.25) is 0 Å². The van der Waals surface area contributed by atoms with Crippen molar-refractivity contribution >= 4 is 0 Å². The van der Waals surface area contributed by atoms with Crippen LogP contribution in [0, 0.1) is 0 Å². The van der Waals surface area contributed by atoms with Gasteiger partial charge in [0, 0.05) is 18.4 Å². The number of hydrogen-bond acceptors (Lipinski definition) is 0. The Balaban J connectivity index is 0.000000845. The maximum absolute atomic E-state index is 2.23. The Hall–Kier alpha value is -0.530. The SMILES string of the molecule is [Cl-].c1ccc(C[NH+]2CCCC2)cc1. The number of nitrogens with one attached hydrogen (secondary N) is 1. The van der Waals surface area contributed by atoms with Crippen LogP contribution in [-0.4, -0.2) is 13.1 Å². The van der Waals surface area contributed by atoms with E-state index in [1.165, 1.54) is 38.0 Å². The number of hydrogen-bond donors (Lipinski definition) is 1. The molecule has 1 aromatic rings. The quantitative estimate of drug-likeness (QED) is 0.553. The van der Waals surface area contributed by atoms with E-state index in [4.69, 9.17) is 0 Å². The predicted molar refractivity (Wildman–Crippen MR) is 50.1 cm³/mol. The first kappa shape index (κ1) is 10.6. The predicted octanol–water partition coefficient (Wildman–Crippen LogP) is -2.13. The Morgan fingerprint density at radius 1 is 1.00 bits per heavy atom. The van der Waals surface area contributed by atoms with Crippen molar-refractivity contribution in [1.82, 2.24) is 0 Å². The first-order valence-electron chi connectivity index (χ1n) is 4.82. The van der Waals surface area contributed by atoms with Gasteiger partial charge in [0.15, 0.2) is 0 Å². The fourth-order valence-electron chi connectivity index (χ4n) is 1.94. The summed E-state index contributed by atoms with van der Waals surface area (Å²) in [5, 5.41) is 0. The zero-order valence-electron chi connectivity index (χ0n) is 7.80. The van der Waals surface area contributed by atoms with E-state index in [1.54, 1.807) is 4.90 Å². The van der Waals surface area contributed by atoms with E-state index in [9.17, 15) is 0 Å². The normalized spacial score (nSPS) is 16.9. The molecule has 0 atom stereocenters. The molecule has 1 fully saturated rings. The van der Waals surface area contributed by atoms with Gasteiger partial charge >= 0.3 is 0 Å². The van der Waals surface area contributed by atoms with Crippen molar-refractivity contribution in [1.29, 1.82) is 0 Å². The summed E-state index contributed by atoms with van der Waals surface area (Å²) in [5.74, 6) is 0. The summed E-state index contributed by atoms with van der Waals surface area (Å²) in [7, 11) is 0. The fraction of sp³-hybridized carbons (Fsp3) is 0.455. The molecule has 1 aromatic carbocycles. The lowest BCUT2D eigenvalue weighted by Gasteiger charge is -2.11. The smallest absolute Gasteiger partial charge is 0.103 e. The minimum absolute atomic E-state index is 0. The van der Waals surface area contributed by atoms with Gasteiger partial charge in [-0.2, -0.15) is 0 Å². The average Bonchev–Trinajstić information content (AvgIpc) is 2.59. The van der Waals surface area contributed by atoms with Crippen molar-refractivity contribution in [2.75, 3.05) is 13.1 Å². The minimum Gasteiger partial charge on any atom is -1.00 e. The summed E-state index contributed by atoms with van der Waals surface area (Å²) in [6.07, 6.45) is 2.84. The van der Waals surface area contributed by atoms with Gasteiger partial charge in [0.05, 0.1) is 13.1 Å². The van der Waals surface area contributed by atoms with Crippen LogP contribution in [-0.2, 0) is 6.54 Å². The first-order valence-corrected chi connectivity index (χ1v) is 4.82. The molecule has 72 valence electrons. The van der Waals surface area contributed by atoms with E-state index in [2.05, 4.69) is 30.3 Å². The molecule has 2 rings (SSSR count). The Morgan fingerprint density at radius 2 is 1.62 bits per heavy atom. The fourth-order valence-corrected chi connectivity index (χ4v) is 1.94. The number of benzene rings is 1. The van der Waals surface area contributed by atoms with Crippen LogP contribution in [0.5, 0.6) is 0 Å². The highest BCUT2D eigenvalue weighted by Crippen LogP contribution is 1.97. The van der Waals surface area contributed by atoms with E-state index in [0.717, 1.165) is 0 Å². The van der Waals surface area contributed by atoms with Crippen molar-refractivity contribution in [3.8, 4) is 0 Å². The molecule has 1 saturated heterocycles. The lowest BCUT2D eigenvalue weighted by atomic mass is 10.2. The molecule has 1 aliphatic heterocycles. The van der Waals surface area contributed by atoms with E-state index in [-0.39, 0.29) is 12.4 Å². The lowest BCUT2D eigenvalue weighted by molar-refractivity contribution is -0.901. The molecule has 0 radical (unpaired) electrons. The van der Waals surface area contributed by atoms with Crippen LogP contribution in [0.15, 0.2) is 30.3 Å². The third-order valence-corrected chi connectivity index (χ3v) is 2.61. The molecule has 1 heterocycles. The molecule has 0 aliphatic carbocycles. The molecule has 0 amide bonds. The largest absolute Gasteiger partial charge is 1.00 e. The molecule has 13 heavy (non-hydrogen) atoms. The molecule has 0 unspecified atom stereocenters. The van der Waals surface area contributed by atoms with E-state index >= 15 is 0 Å². The third kappa shape index (κ3) is 3.02. The van der Waals surface area contributed by atoms with Gasteiger partial charge in [-0.1, -0.05) is 30.3 Å². The summed E-state index contributed by atoms with van der Waals surface area (Å²) in [5.41, 5.74) is 1.48. The maximum atomic E-state index is 2.23. The molecular formula is C11H16ClN. The van der Waals surface area contributed by atoms with Crippen LogP contribution >= 0.6 is 0 Å². The highest BCUT2D eigenvalue weighted by Gasteiger charge is 2.14. The molecule has 0 spiro atoms. The second kappa shape index (κ2) is 5.25. The van der Waals surface area contributed by atoms with Gasteiger partial charge in [-0.05, 0) is 0 Å². The second-order valence-corrected chi connectivity index (χ2v) is 3.62. The van der Waals surface area contributed by atoms with E-state index < -0.39 is 0 Å². The maximum Gasteiger partial charge on any atom is 0.103 e. The molecule has 0 bridgehead atoms. The number of quaternary nitrogens is 1. The van der Waals surface area contributed by atoms with Gasteiger partial charge in [-0.15, -0.1) is 0 Å². The van der Waals surface area contributed by atoms with Gasteiger partial charge < -0.3 is 17.3 Å². The standard InChI is InChI=1S/C11H15N.ClH/c1-2-6-11(7-3-1)10-12-8-4-5-9-12;/h1-3,6-7H,4-5,8-10H2;1H. The van der Waals surface area contributed by atoms with Crippen LogP contribution in [0.3, 0.4) is 0 Å². The zero-order chi connectivity index (χ0) is 8.23. The van der Waals surface area contributed by atoms with Crippen molar-refractivity contribution in [2.24, 2.45) is 0 Å². The molecule has 1 N–H and O–H groups in total. The Morgan fingerprint density at radius 3 is 2.23 bits per heavy atom. The van der Waals surface area contributed by atoms with E-state index in [0.29, 0.717) is 0 Å². The van der Waals surface area contributed by atoms with Crippen molar-refractivity contribution in [3.63, 3.8) is 0 Å². The summed E-state index contributed by atoms with van der Waals surface area (Å²) in [6.45, 7) is 3.96. The molecule has 1 nitrogen and oxygen atoms in total. The Labute approximate surface area is 86.2 Å². The van der Waals surface area contributed by atoms with Gasteiger partial charge in [0.25, 0.3) is 0 Å². The van der Waals surface area contributed by atoms with Crippen LogP contribution < -0.4 is 17.3 Å². The monoisotopic (exact) mass is 197 g/mol. The van der Waals surface area contributed by atoms with E-state index in [1.807, 2.05) is 0 Å².